The second-order valence-electron chi connectivity index (χ2n) is 7.77. The highest BCUT2D eigenvalue weighted by Crippen LogP contribution is 2.28. The van der Waals surface area contributed by atoms with Crippen LogP contribution in [0, 0.1) is 0 Å². The molecule has 156 valence electrons. The van der Waals surface area contributed by atoms with Crippen LogP contribution in [0.2, 0.25) is 0 Å². The summed E-state index contributed by atoms with van der Waals surface area (Å²) in [4.78, 5) is 13.0. The minimum absolute atomic E-state index is 0.111. The lowest BCUT2D eigenvalue weighted by Crippen LogP contribution is -2.41. The average Bonchev–Trinajstić information content (AvgIpc) is 2.64. The summed E-state index contributed by atoms with van der Waals surface area (Å²) in [5.74, 6) is -0.0776. The average molecular weight is 412 g/mol. The third kappa shape index (κ3) is 6.18. The highest BCUT2D eigenvalue weighted by Gasteiger charge is 2.28. The maximum atomic E-state index is 11.5. The summed E-state index contributed by atoms with van der Waals surface area (Å²) >= 11 is 0. The first-order chi connectivity index (χ1) is 13.3. The first-order valence-corrected chi connectivity index (χ1v) is 11.7. The normalized spacial score (nSPS) is 24.8. The number of carbonyl (C=O) groups is 1. The Balaban J connectivity index is 1.38. The lowest BCUT2D eigenvalue weighted by molar-refractivity contribution is -0.139. The smallest absolute Gasteiger partial charge is 0.317 e. The van der Waals surface area contributed by atoms with E-state index >= 15 is 0 Å². The van der Waals surface area contributed by atoms with Crippen LogP contribution in [0.25, 0.3) is 0 Å². The molecule has 2 fully saturated rings. The fraction of sp³-hybridized carbons (Fsp3) is 0.650. The van der Waals surface area contributed by atoms with Crippen LogP contribution in [0.15, 0.2) is 29.2 Å². The van der Waals surface area contributed by atoms with Crippen molar-refractivity contribution in [3.8, 4) is 5.75 Å². The summed E-state index contributed by atoms with van der Waals surface area (Å²) in [7, 11) is -3.19. The number of ether oxygens (including phenoxy) is 2. The van der Waals surface area contributed by atoms with Crippen LogP contribution in [-0.4, -0.2) is 68.6 Å². The summed E-state index contributed by atoms with van der Waals surface area (Å²) in [6.45, 7) is 1.66. The molecule has 0 amide bonds. The van der Waals surface area contributed by atoms with E-state index in [0.29, 0.717) is 10.6 Å². The van der Waals surface area contributed by atoms with Crippen molar-refractivity contribution in [3.05, 3.63) is 24.3 Å². The van der Waals surface area contributed by atoms with E-state index in [4.69, 9.17) is 14.6 Å². The minimum atomic E-state index is -3.19. The third-order valence-electron chi connectivity index (χ3n) is 5.45. The Morgan fingerprint density at radius 3 is 2.07 bits per heavy atom. The molecule has 1 aliphatic heterocycles. The van der Waals surface area contributed by atoms with Crippen LogP contribution in [0.5, 0.6) is 5.75 Å². The van der Waals surface area contributed by atoms with Gasteiger partial charge >= 0.3 is 5.97 Å². The summed E-state index contributed by atoms with van der Waals surface area (Å²) in [5.41, 5.74) is 0. The Labute approximate surface area is 166 Å². The molecule has 2 aliphatic rings. The van der Waals surface area contributed by atoms with Crippen LogP contribution in [0.1, 0.15) is 38.5 Å². The van der Waals surface area contributed by atoms with E-state index in [0.717, 1.165) is 51.6 Å². The monoisotopic (exact) mass is 411 g/mol. The fourth-order valence-corrected chi connectivity index (χ4v) is 4.54. The molecule has 0 spiro atoms. The first kappa shape index (κ1) is 21.1. The van der Waals surface area contributed by atoms with E-state index in [1.54, 1.807) is 24.3 Å². The molecule has 3 rings (SSSR count). The van der Waals surface area contributed by atoms with Gasteiger partial charge in [0.25, 0.3) is 0 Å². The van der Waals surface area contributed by atoms with Gasteiger partial charge in [0.2, 0.25) is 0 Å². The molecule has 0 bridgehead atoms. The molecule has 8 heteroatoms. The van der Waals surface area contributed by atoms with Crippen LogP contribution < -0.4 is 4.74 Å². The van der Waals surface area contributed by atoms with Gasteiger partial charge in [0, 0.05) is 19.3 Å². The maximum absolute atomic E-state index is 11.5. The number of likely N-dealkylation sites (tertiary alicyclic amines) is 1. The van der Waals surface area contributed by atoms with E-state index in [1.165, 1.54) is 6.26 Å². The molecule has 0 radical (unpaired) electrons. The van der Waals surface area contributed by atoms with Crippen molar-refractivity contribution < 1.29 is 27.8 Å². The van der Waals surface area contributed by atoms with E-state index in [1.807, 2.05) is 4.90 Å². The van der Waals surface area contributed by atoms with Crippen molar-refractivity contribution in [2.45, 2.75) is 61.7 Å². The number of nitrogens with zero attached hydrogens (tertiary/aromatic N) is 1. The first-order valence-electron chi connectivity index (χ1n) is 9.86. The lowest BCUT2D eigenvalue weighted by Gasteiger charge is -2.35. The zero-order valence-corrected chi connectivity index (χ0v) is 17.1. The fourth-order valence-electron chi connectivity index (χ4n) is 3.91. The molecule has 0 unspecified atom stereocenters. The Kier molecular flexibility index (Phi) is 6.95. The van der Waals surface area contributed by atoms with E-state index in [-0.39, 0.29) is 24.9 Å². The summed E-state index contributed by atoms with van der Waals surface area (Å²) in [6.07, 6.45) is 7.27. The summed E-state index contributed by atoms with van der Waals surface area (Å²) < 4.78 is 35.3. The van der Waals surface area contributed by atoms with E-state index in [9.17, 15) is 13.2 Å². The van der Waals surface area contributed by atoms with Gasteiger partial charge in [0.15, 0.2) is 9.84 Å². The molecule has 1 aliphatic carbocycles. The van der Waals surface area contributed by atoms with E-state index in [2.05, 4.69) is 0 Å². The van der Waals surface area contributed by atoms with Crippen LogP contribution >= 0.6 is 0 Å². The van der Waals surface area contributed by atoms with Gasteiger partial charge in [0.1, 0.15) is 5.75 Å². The second kappa shape index (κ2) is 9.24. The molecule has 1 saturated heterocycles. The number of benzene rings is 1. The van der Waals surface area contributed by atoms with Crippen molar-refractivity contribution >= 4 is 15.8 Å². The molecule has 1 N–H and O–H groups in total. The number of rotatable bonds is 7. The van der Waals surface area contributed by atoms with Gasteiger partial charge in [-0.15, -0.1) is 0 Å². The molecule has 1 aromatic rings. The Morgan fingerprint density at radius 1 is 1.00 bits per heavy atom. The van der Waals surface area contributed by atoms with Gasteiger partial charge in [-0.1, -0.05) is 0 Å². The van der Waals surface area contributed by atoms with Crippen molar-refractivity contribution in [3.63, 3.8) is 0 Å². The molecule has 28 heavy (non-hydrogen) atoms. The molecule has 1 saturated carbocycles. The highest BCUT2D eigenvalue weighted by atomic mass is 32.2. The molecule has 0 aromatic heterocycles. The molecule has 1 heterocycles. The zero-order chi connectivity index (χ0) is 20.1. The van der Waals surface area contributed by atoms with Gasteiger partial charge in [0.05, 0.1) is 29.8 Å². The largest absolute Gasteiger partial charge is 0.490 e. The number of sulfone groups is 1. The van der Waals surface area contributed by atoms with Crippen molar-refractivity contribution in [1.82, 2.24) is 4.90 Å². The third-order valence-corrected chi connectivity index (χ3v) is 6.58. The Morgan fingerprint density at radius 2 is 1.54 bits per heavy atom. The number of hydrogen-bond acceptors (Lipinski definition) is 6. The number of carboxylic acid groups (broad SMARTS) is 1. The van der Waals surface area contributed by atoms with Crippen molar-refractivity contribution in [2.24, 2.45) is 0 Å². The van der Waals surface area contributed by atoms with Crippen LogP contribution in [-0.2, 0) is 19.4 Å². The van der Waals surface area contributed by atoms with Gasteiger partial charge in [-0.2, -0.15) is 0 Å². The number of carboxylic acids is 1. The minimum Gasteiger partial charge on any atom is -0.490 e. The van der Waals surface area contributed by atoms with E-state index < -0.39 is 15.8 Å². The molecular weight excluding hydrogens is 382 g/mol. The molecular formula is C20H29NO6S. The summed E-state index contributed by atoms with van der Waals surface area (Å²) in [5, 5.41) is 8.86. The van der Waals surface area contributed by atoms with Crippen molar-refractivity contribution in [1.29, 1.82) is 0 Å². The van der Waals surface area contributed by atoms with Crippen molar-refractivity contribution in [2.75, 3.05) is 25.9 Å². The molecule has 1 aromatic carbocycles. The predicted molar refractivity (Wildman–Crippen MR) is 104 cm³/mol. The maximum Gasteiger partial charge on any atom is 0.317 e. The quantitative estimate of drug-likeness (QED) is 0.736. The van der Waals surface area contributed by atoms with Gasteiger partial charge in [-0.25, -0.2) is 8.42 Å². The lowest BCUT2D eigenvalue weighted by atomic mass is 9.94. The number of aliphatic carboxylic acids is 1. The molecule has 0 atom stereocenters. The Bertz CT molecular complexity index is 747. The predicted octanol–water partition coefficient (Wildman–Crippen LogP) is 2.35. The topological polar surface area (TPSA) is 93.1 Å². The van der Waals surface area contributed by atoms with Gasteiger partial charge in [-0.3, -0.25) is 9.69 Å². The van der Waals surface area contributed by atoms with Crippen LogP contribution in [0.4, 0.5) is 0 Å². The number of hydrogen-bond donors (Lipinski definition) is 1. The zero-order valence-electron chi connectivity index (χ0n) is 16.2. The number of piperidine rings is 1. The van der Waals surface area contributed by atoms with Crippen LogP contribution in [0.3, 0.4) is 0 Å². The highest BCUT2D eigenvalue weighted by molar-refractivity contribution is 7.90. The standard InChI is InChI=1S/C20H29NO6S/c1-28(24,25)19-8-6-17(7-9-19)26-15-2-4-16(5-3-15)27-18-10-12-21(13-11-18)14-20(22)23/h6-9,15-16,18H,2-5,10-14H2,1H3,(H,22,23)/t15-,16-. The second-order valence-corrected chi connectivity index (χ2v) is 9.78. The summed E-state index contributed by atoms with van der Waals surface area (Å²) in [6, 6.07) is 6.58. The molecule has 7 nitrogen and oxygen atoms in total. The Hall–Kier alpha value is -1.64. The van der Waals surface area contributed by atoms with Gasteiger partial charge < -0.3 is 14.6 Å². The SMILES string of the molecule is CS(=O)(=O)c1ccc(O[C@H]2CC[C@H](OC3CCN(CC(=O)O)CC3)CC2)cc1. The van der Waals surface area contributed by atoms with Gasteiger partial charge in [-0.05, 0) is 62.8 Å².